The van der Waals surface area contributed by atoms with Gasteiger partial charge in [-0.05, 0) is 49.3 Å². The third-order valence-corrected chi connectivity index (χ3v) is 6.98. The largest absolute Gasteiger partial charge is 0.480 e. The van der Waals surface area contributed by atoms with E-state index in [1.54, 1.807) is 7.05 Å². The summed E-state index contributed by atoms with van der Waals surface area (Å²) in [5, 5.41) is 18.3. The van der Waals surface area contributed by atoms with E-state index in [1.807, 2.05) is 88.4 Å². The van der Waals surface area contributed by atoms with Gasteiger partial charge in [0.05, 0.1) is 6.04 Å². The molecule has 2 aromatic carbocycles. The number of benzene rings is 2. The van der Waals surface area contributed by atoms with Crippen molar-refractivity contribution in [3.63, 3.8) is 0 Å². The quantitative estimate of drug-likeness (QED) is 0.247. The zero-order chi connectivity index (χ0) is 30.5. The number of amides is 3. The second kappa shape index (κ2) is 16.5. The number of hydrogen-bond donors (Lipinski definition) is 4. The van der Waals surface area contributed by atoms with Crippen LogP contribution in [-0.2, 0) is 32.0 Å². The fraction of sp³-hybridized carbons (Fsp3) is 0.500. The first kappa shape index (κ1) is 33.5. The van der Waals surface area contributed by atoms with Gasteiger partial charge in [0.25, 0.3) is 0 Å². The lowest BCUT2D eigenvalue weighted by molar-refractivity contribution is -0.145. The van der Waals surface area contributed by atoms with Crippen molar-refractivity contribution in [1.29, 1.82) is 0 Å². The van der Waals surface area contributed by atoms with Crippen LogP contribution >= 0.6 is 0 Å². The van der Waals surface area contributed by atoms with E-state index in [1.165, 1.54) is 11.9 Å². The molecule has 9 heteroatoms. The van der Waals surface area contributed by atoms with Crippen LogP contribution in [0.1, 0.15) is 51.7 Å². The Morgan fingerprint density at radius 1 is 0.707 bits per heavy atom. The summed E-state index contributed by atoms with van der Waals surface area (Å²) in [5.41, 5.74) is 1.81. The fourth-order valence-corrected chi connectivity index (χ4v) is 4.74. The van der Waals surface area contributed by atoms with Crippen molar-refractivity contribution in [3.05, 3.63) is 71.8 Å². The number of carbonyl (C=O) groups excluding carboxylic acids is 3. The molecule has 41 heavy (non-hydrogen) atoms. The fourth-order valence-electron chi connectivity index (χ4n) is 4.74. The van der Waals surface area contributed by atoms with Crippen molar-refractivity contribution in [1.82, 2.24) is 20.9 Å². The molecule has 2 aromatic rings. The number of carboxylic acid groups (broad SMARTS) is 1. The van der Waals surface area contributed by atoms with Gasteiger partial charge in [0.1, 0.15) is 18.1 Å². The van der Waals surface area contributed by atoms with Crippen molar-refractivity contribution in [2.45, 2.75) is 77.5 Å². The highest BCUT2D eigenvalue weighted by molar-refractivity contribution is 5.94. The summed E-state index contributed by atoms with van der Waals surface area (Å²) in [6.45, 7) is 7.69. The Labute approximate surface area is 244 Å². The first-order valence-electron chi connectivity index (χ1n) is 14.3. The summed E-state index contributed by atoms with van der Waals surface area (Å²) in [7, 11) is 3.24. The molecule has 0 spiro atoms. The Hall–Kier alpha value is -3.72. The first-order chi connectivity index (χ1) is 19.4. The number of likely N-dealkylation sites (N-methyl/N-ethyl adjacent to an activating group) is 2. The number of nitrogens with zero attached hydrogens (tertiary/aromatic N) is 1. The number of rotatable bonds is 16. The minimum absolute atomic E-state index is 0.0463. The van der Waals surface area contributed by atoms with Gasteiger partial charge in [0.2, 0.25) is 17.7 Å². The van der Waals surface area contributed by atoms with Crippen molar-refractivity contribution >= 4 is 23.7 Å². The average Bonchev–Trinajstić information content (AvgIpc) is 2.93. The van der Waals surface area contributed by atoms with Gasteiger partial charge in [-0.15, -0.1) is 0 Å². The second-order valence-corrected chi connectivity index (χ2v) is 11.4. The van der Waals surface area contributed by atoms with Gasteiger partial charge in [-0.1, -0.05) is 88.4 Å². The van der Waals surface area contributed by atoms with Crippen LogP contribution in [0.15, 0.2) is 60.7 Å². The number of carboxylic acids is 1. The maximum absolute atomic E-state index is 13.9. The molecule has 3 amide bonds. The minimum atomic E-state index is -1.12. The van der Waals surface area contributed by atoms with Crippen LogP contribution in [0, 0.1) is 11.8 Å². The summed E-state index contributed by atoms with van der Waals surface area (Å²) in [6.07, 6.45) is 1.28. The topological polar surface area (TPSA) is 128 Å². The SMILES string of the molecule is CN[C@@H](Cc1ccccc1)C(=O)N[C@@H](CC(C)C)C(=O)N(C)[C@@H](Cc1ccccc1)C(=O)N[C@@H](CC(C)C)C(=O)O. The molecule has 0 fully saturated rings. The Morgan fingerprint density at radius 2 is 1.17 bits per heavy atom. The molecular formula is C32H46N4O5. The zero-order valence-electron chi connectivity index (χ0n) is 25.1. The van der Waals surface area contributed by atoms with Crippen molar-refractivity contribution in [3.8, 4) is 0 Å². The molecule has 0 saturated heterocycles. The molecule has 0 saturated carbocycles. The summed E-state index contributed by atoms with van der Waals surface area (Å²) < 4.78 is 0. The lowest BCUT2D eigenvalue weighted by atomic mass is 9.98. The standard InChI is InChI=1S/C32H46N4O5/c1-21(2)17-26(34-29(37)25(33-5)19-23-13-9-7-10-14-23)31(39)36(6)28(20-24-15-11-8-12-16-24)30(38)35-27(32(40)41)18-22(3)4/h7-16,21-22,25-28,33H,17-20H2,1-6H3,(H,34,37)(H,35,38)(H,40,41)/t25-,26-,27-,28-/m0/s1. The molecule has 2 rings (SSSR count). The number of carbonyl (C=O) groups is 4. The van der Waals surface area contributed by atoms with Gasteiger partial charge >= 0.3 is 5.97 Å². The Kier molecular flexibility index (Phi) is 13.5. The number of aliphatic carboxylic acids is 1. The highest BCUT2D eigenvalue weighted by Gasteiger charge is 2.35. The third-order valence-electron chi connectivity index (χ3n) is 6.98. The van der Waals surface area contributed by atoms with Crippen LogP contribution in [0.5, 0.6) is 0 Å². The van der Waals surface area contributed by atoms with Crippen LogP contribution in [0.2, 0.25) is 0 Å². The Bertz CT molecular complexity index is 1120. The zero-order valence-corrected chi connectivity index (χ0v) is 25.1. The first-order valence-corrected chi connectivity index (χ1v) is 14.3. The van der Waals surface area contributed by atoms with E-state index in [9.17, 15) is 24.3 Å². The van der Waals surface area contributed by atoms with Crippen LogP contribution in [0.4, 0.5) is 0 Å². The molecule has 4 N–H and O–H groups in total. The molecule has 9 nitrogen and oxygen atoms in total. The molecule has 0 aliphatic carbocycles. The predicted molar refractivity (Wildman–Crippen MR) is 160 cm³/mol. The normalized spacial score (nSPS) is 14.1. The van der Waals surface area contributed by atoms with Gasteiger partial charge in [-0.3, -0.25) is 14.4 Å². The third kappa shape index (κ3) is 11.0. The van der Waals surface area contributed by atoms with Gasteiger partial charge < -0.3 is 26.0 Å². The van der Waals surface area contributed by atoms with Crippen LogP contribution < -0.4 is 16.0 Å². The molecular weight excluding hydrogens is 520 g/mol. The lowest BCUT2D eigenvalue weighted by Gasteiger charge is -2.33. The second-order valence-electron chi connectivity index (χ2n) is 11.4. The smallest absolute Gasteiger partial charge is 0.326 e. The molecule has 0 radical (unpaired) electrons. The van der Waals surface area contributed by atoms with Crippen LogP contribution in [-0.4, -0.2) is 72.0 Å². The monoisotopic (exact) mass is 566 g/mol. The van der Waals surface area contributed by atoms with E-state index in [-0.39, 0.29) is 30.6 Å². The molecule has 0 aromatic heterocycles. The Morgan fingerprint density at radius 3 is 1.63 bits per heavy atom. The van der Waals surface area contributed by atoms with Crippen LogP contribution in [0.25, 0.3) is 0 Å². The average molecular weight is 567 g/mol. The molecule has 4 atom stereocenters. The van der Waals surface area contributed by atoms with Crippen LogP contribution in [0.3, 0.4) is 0 Å². The van der Waals surface area contributed by atoms with Gasteiger partial charge in [0, 0.05) is 13.5 Å². The van der Waals surface area contributed by atoms with Gasteiger partial charge in [-0.2, -0.15) is 0 Å². The van der Waals surface area contributed by atoms with E-state index in [0.717, 1.165) is 11.1 Å². The van der Waals surface area contributed by atoms with E-state index >= 15 is 0 Å². The summed E-state index contributed by atoms with van der Waals surface area (Å²) in [4.78, 5) is 54.0. The highest BCUT2D eigenvalue weighted by Crippen LogP contribution is 2.15. The number of hydrogen-bond acceptors (Lipinski definition) is 5. The summed E-state index contributed by atoms with van der Waals surface area (Å²) in [6, 6.07) is 15.4. The van der Waals surface area contributed by atoms with E-state index in [0.29, 0.717) is 12.8 Å². The van der Waals surface area contributed by atoms with E-state index in [2.05, 4.69) is 16.0 Å². The van der Waals surface area contributed by atoms with Crippen molar-refractivity contribution in [2.24, 2.45) is 11.8 Å². The molecule has 0 unspecified atom stereocenters. The van der Waals surface area contributed by atoms with Crippen molar-refractivity contribution < 1.29 is 24.3 Å². The summed E-state index contributed by atoms with van der Waals surface area (Å²) in [5.74, 6) is -2.26. The van der Waals surface area contributed by atoms with Gasteiger partial charge in [-0.25, -0.2) is 4.79 Å². The summed E-state index contributed by atoms with van der Waals surface area (Å²) >= 11 is 0. The van der Waals surface area contributed by atoms with E-state index < -0.39 is 42.0 Å². The Balaban J connectivity index is 2.31. The molecule has 224 valence electrons. The minimum Gasteiger partial charge on any atom is -0.480 e. The highest BCUT2D eigenvalue weighted by atomic mass is 16.4. The maximum atomic E-state index is 13.9. The lowest BCUT2D eigenvalue weighted by Crippen LogP contribution is -2.58. The van der Waals surface area contributed by atoms with E-state index in [4.69, 9.17) is 0 Å². The number of nitrogens with one attached hydrogen (secondary N) is 3. The predicted octanol–water partition coefficient (Wildman–Crippen LogP) is 3.03. The van der Waals surface area contributed by atoms with Gasteiger partial charge in [0.15, 0.2) is 0 Å². The molecule has 0 aliphatic rings. The maximum Gasteiger partial charge on any atom is 0.326 e. The molecule has 0 bridgehead atoms. The molecule has 0 aliphatic heterocycles. The molecule has 0 heterocycles. The van der Waals surface area contributed by atoms with Crippen molar-refractivity contribution in [2.75, 3.05) is 14.1 Å².